The molecule has 1 saturated heterocycles. The Morgan fingerprint density at radius 2 is 2.07 bits per heavy atom. The number of piperidine rings is 1. The third-order valence-electron chi connectivity index (χ3n) is 6.19. The number of aromatic nitrogens is 3. The molecule has 6 heteroatoms. The number of nitrogens with zero attached hydrogens (tertiary/aromatic N) is 4. The lowest BCUT2D eigenvalue weighted by molar-refractivity contribution is 0.0770. The largest absolute Gasteiger partial charge is 0.361 e. The fourth-order valence-electron chi connectivity index (χ4n) is 4.44. The highest BCUT2D eigenvalue weighted by Crippen LogP contribution is 2.31. The molecule has 0 aliphatic carbocycles. The van der Waals surface area contributed by atoms with Gasteiger partial charge >= 0.3 is 0 Å². The highest BCUT2D eigenvalue weighted by Gasteiger charge is 2.27. The first-order chi connectivity index (χ1) is 14.6. The summed E-state index contributed by atoms with van der Waals surface area (Å²) >= 11 is 0. The monoisotopic (exact) mass is 405 g/mol. The number of rotatable bonds is 6. The number of carbonyl (C=O) groups excluding carboxylic acids is 1. The van der Waals surface area contributed by atoms with Gasteiger partial charge in [-0.1, -0.05) is 12.5 Å². The minimum absolute atomic E-state index is 0.0179. The lowest BCUT2D eigenvalue weighted by Crippen LogP contribution is -2.35. The molecule has 6 nitrogen and oxygen atoms in total. The summed E-state index contributed by atoms with van der Waals surface area (Å²) in [6.45, 7) is 9.23. The molecule has 158 valence electrons. The maximum atomic E-state index is 12.7. The molecule has 0 spiro atoms. The third kappa shape index (κ3) is 4.10. The molecule has 4 rings (SSSR count). The summed E-state index contributed by atoms with van der Waals surface area (Å²) in [4.78, 5) is 29.8. The number of H-pyrrole nitrogens is 1. The van der Waals surface area contributed by atoms with Gasteiger partial charge in [-0.15, -0.1) is 0 Å². The number of hydrogen-bond acceptors (Lipinski definition) is 4. The first-order valence-electron chi connectivity index (χ1n) is 11.0. The number of aromatic amines is 1. The zero-order valence-corrected chi connectivity index (χ0v) is 18.2. The van der Waals surface area contributed by atoms with Crippen molar-refractivity contribution >= 4 is 16.8 Å². The zero-order valence-electron chi connectivity index (χ0n) is 18.2. The molecule has 30 heavy (non-hydrogen) atoms. The van der Waals surface area contributed by atoms with E-state index in [1.807, 2.05) is 31.9 Å². The van der Waals surface area contributed by atoms with Crippen molar-refractivity contribution in [1.82, 2.24) is 24.8 Å². The molecule has 1 amide bonds. The second-order valence-corrected chi connectivity index (χ2v) is 8.09. The predicted molar refractivity (Wildman–Crippen MR) is 119 cm³/mol. The average Bonchev–Trinajstić information content (AvgIpc) is 3.23. The van der Waals surface area contributed by atoms with Gasteiger partial charge in [0.05, 0.1) is 17.3 Å². The highest BCUT2D eigenvalue weighted by molar-refractivity contribution is 5.94. The van der Waals surface area contributed by atoms with Crippen molar-refractivity contribution in [1.29, 1.82) is 0 Å². The Morgan fingerprint density at radius 3 is 2.83 bits per heavy atom. The number of benzene rings is 1. The number of likely N-dealkylation sites (tertiary alicyclic amines) is 1. The van der Waals surface area contributed by atoms with Crippen LogP contribution in [0.3, 0.4) is 0 Å². The molecule has 1 aliphatic rings. The van der Waals surface area contributed by atoms with E-state index in [0.717, 1.165) is 31.0 Å². The van der Waals surface area contributed by atoms with Gasteiger partial charge in [0.2, 0.25) is 0 Å². The molecule has 0 bridgehead atoms. The van der Waals surface area contributed by atoms with Gasteiger partial charge in [-0.3, -0.25) is 9.69 Å². The third-order valence-corrected chi connectivity index (χ3v) is 6.19. The molecule has 3 heterocycles. The Labute approximate surface area is 178 Å². The predicted octanol–water partition coefficient (Wildman–Crippen LogP) is 4.48. The fraction of sp³-hybridized carbons (Fsp3) is 0.458. The van der Waals surface area contributed by atoms with E-state index in [1.54, 1.807) is 6.20 Å². The van der Waals surface area contributed by atoms with Crippen molar-refractivity contribution in [3.05, 3.63) is 59.3 Å². The molecular weight excluding hydrogens is 374 g/mol. The molecule has 1 aromatic carbocycles. The van der Waals surface area contributed by atoms with Crippen LogP contribution in [0.15, 0.2) is 36.7 Å². The number of carbonyl (C=O) groups is 1. The van der Waals surface area contributed by atoms with E-state index in [0.29, 0.717) is 18.7 Å². The Bertz CT molecular complexity index is 1020. The van der Waals surface area contributed by atoms with Gasteiger partial charge in [-0.2, -0.15) is 0 Å². The first-order valence-corrected chi connectivity index (χ1v) is 11.0. The second-order valence-electron chi connectivity index (χ2n) is 8.09. The molecule has 1 atom stereocenters. The number of hydrogen-bond donors (Lipinski definition) is 1. The minimum atomic E-state index is 0.0179. The molecule has 2 aromatic heterocycles. The Morgan fingerprint density at radius 1 is 1.23 bits per heavy atom. The van der Waals surface area contributed by atoms with Crippen LogP contribution in [0.5, 0.6) is 0 Å². The Balaban J connectivity index is 1.56. The number of amides is 1. The van der Waals surface area contributed by atoms with Crippen molar-refractivity contribution in [2.45, 2.75) is 52.6 Å². The van der Waals surface area contributed by atoms with Gasteiger partial charge in [-0.25, -0.2) is 9.97 Å². The Kier molecular flexibility index (Phi) is 6.13. The molecule has 0 unspecified atom stereocenters. The number of aryl methyl sites for hydroxylation is 1. The molecule has 1 N–H and O–H groups in total. The Hall–Kier alpha value is -2.73. The van der Waals surface area contributed by atoms with Crippen LogP contribution >= 0.6 is 0 Å². The molecular formula is C24H31N5O. The maximum absolute atomic E-state index is 12.7. The summed E-state index contributed by atoms with van der Waals surface area (Å²) in [7, 11) is 0. The summed E-state index contributed by atoms with van der Waals surface area (Å²) in [5.41, 5.74) is 3.86. The molecule has 3 aromatic rings. The number of fused-ring (bicyclic) bond motifs is 1. The van der Waals surface area contributed by atoms with Crippen LogP contribution in [0.25, 0.3) is 10.9 Å². The van der Waals surface area contributed by atoms with E-state index in [4.69, 9.17) is 4.98 Å². The second kappa shape index (κ2) is 8.96. The molecule has 1 fully saturated rings. The van der Waals surface area contributed by atoms with Crippen molar-refractivity contribution in [3.63, 3.8) is 0 Å². The smallest absolute Gasteiger partial charge is 0.257 e. The van der Waals surface area contributed by atoms with Crippen molar-refractivity contribution in [2.24, 2.45) is 0 Å². The summed E-state index contributed by atoms with van der Waals surface area (Å²) in [6, 6.07) is 8.91. The normalized spacial score (nSPS) is 17.4. The van der Waals surface area contributed by atoms with Crippen molar-refractivity contribution in [2.75, 3.05) is 19.6 Å². The summed E-state index contributed by atoms with van der Waals surface area (Å²) in [5.74, 6) is 0.857. The minimum Gasteiger partial charge on any atom is -0.361 e. The van der Waals surface area contributed by atoms with E-state index in [2.05, 4.69) is 39.1 Å². The van der Waals surface area contributed by atoms with Crippen LogP contribution < -0.4 is 0 Å². The quantitative estimate of drug-likeness (QED) is 0.657. The highest BCUT2D eigenvalue weighted by atomic mass is 16.2. The summed E-state index contributed by atoms with van der Waals surface area (Å²) in [5, 5.41) is 1.24. The average molecular weight is 406 g/mol. The van der Waals surface area contributed by atoms with Gasteiger partial charge in [-0.05, 0) is 69.3 Å². The summed E-state index contributed by atoms with van der Waals surface area (Å²) in [6.07, 6.45) is 7.14. The molecule has 0 radical (unpaired) electrons. The SMILES string of the molecule is CCN(CC)C(=O)c1cnc([C@@H]2CCCCN2Cc2ccc3[nH]ccc3c2)nc1C. The van der Waals surface area contributed by atoms with Crippen LogP contribution in [0.1, 0.15) is 66.6 Å². The van der Waals surface area contributed by atoms with Crippen molar-refractivity contribution < 1.29 is 4.79 Å². The van der Waals surface area contributed by atoms with E-state index in [-0.39, 0.29) is 11.9 Å². The van der Waals surface area contributed by atoms with Crippen LogP contribution in [-0.2, 0) is 6.54 Å². The van der Waals surface area contributed by atoms with Gasteiger partial charge in [0.25, 0.3) is 5.91 Å². The van der Waals surface area contributed by atoms with Crippen LogP contribution in [0.4, 0.5) is 0 Å². The van der Waals surface area contributed by atoms with Crippen LogP contribution in [-0.4, -0.2) is 50.3 Å². The topological polar surface area (TPSA) is 65.1 Å². The zero-order chi connectivity index (χ0) is 21.1. The maximum Gasteiger partial charge on any atom is 0.257 e. The number of nitrogens with one attached hydrogen (secondary N) is 1. The van der Waals surface area contributed by atoms with Crippen molar-refractivity contribution in [3.8, 4) is 0 Å². The lowest BCUT2D eigenvalue weighted by atomic mass is 9.99. The van der Waals surface area contributed by atoms with E-state index in [9.17, 15) is 4.79 Å². The lowest BCUT2D eigenvalue weighted by Gasteiger charge is -2.35. The van der Waals surface area contributed by atoms with Crippen LogP contribution in [0.2, 0.25) is 0 Å². The van der Waals surface area contributed by atoms with Gasteiger partial charge in [0, 0.05) is 37.5 Å². The van der Waals surface area contributed by atoms with E-state index < -0.39 is 0 Å². The molecule has 0 saturated carbocycles. The molecule has 1 aliphatic heterocycles. The van der Waals surface area contributed by atoms with E-state index in [1.165, 1.54) is 29.3 Å². The summed E-state index contributed by atoms with van der Waals surface area (Å²) < 4.78 is 0. The van der Waals surface area contributed by atoms with Gasteiger partial charge < -0.3 is 9.88 Å². The van der Waals surface area contributed by atoms with Gasteiger partial charge in [0.15, 0.2) is 0 Å². The van der Waals surface area contributed by atoms with Crippen LogP contribution in [0, 0.1) is 6.92 Å². The standard InChI is InChI=1S/C24H31N5O/c1-4-28(5-2)24(30)20-15-26-23(27-17(20)3)22-8-6-7-13-29(22)16-18-9-10-21-19(14-18)11-12-25-21/h9-12,14-15,22,25H,4-8,13,16H2,1-3H3/t22-/m0/s1. The van der Waals surface area contributed by atoms with Gasteiger partial charge in [0.1, 0.15) is 5.82 Å². The fourth-order valence-corrected chi connectivity index (χ4v) is 4.44. The first kappa shape index (κ1) is 20.5. The van der Waals surface area contributed by atoms with E-state index >= 15 is 0 Å².